The molecule has 0 radical (unpaired) electrons. The molecule has 0 N–H and O–H groups in total. The summed E-state index contributed by atoms with van der Waals surface area (Å²) in [6.07, 6.45) is 11.2. The van der Waals surface area contributed by atoms with Crippen LogP contribution in [0.1, 0.15) is 80.5 Å². The Labute approximate surface area is 321 Å². The average Bonchev–Trinajstić information content (AvgIpc) is 3.21. The first-order chi connectivity index (χ1) is 25.7. The second-order valence-corrected chi connectivity index (χ2v) is 11.5. The molecule has 286 valence electrons. The Hall–Kier alpha value is -5.16. The fourth-order valence-corrected chi connectivity index (χ4v) is 6.15. The van der Waals surface area contributed by atoms with Crippen LogP contribution in [0.15, 0.2) is 87.0 Å². The van der Waals surface area contributed by atoms with Crippen LogP contribution >= 0.6 is 0 Å². The first-order valence-corrected chi connectivity index (χ1v) is 18.5. The summed E-state index contributed by atoms with van der Waals surface area (Å²) in [5.74, 6) is 3.45. The van der Waals surface area contributed by atoms with E-state index in [9.17, 15) is 0 Å². The first-order valence-electron chi connectivity index (χ1n) is 18.5. The number of aryl methyl sites for hydroxylation is 1. The number of allylic oxidation sites excluding steroid dienone is 2. The van der Waals surface area contributed by atoms with Gasteiger partial charge in [0.15, 0.2) is 23.0 Å². The van der Waals surface area contributed by atoms with Crippen molar-refractivity contribution in [2.24, 2.45) is 0 Å². The molecule has 5 nitrogen and oxygen atoms in total. The summed E-state index contributed by atoms with van der Waals surface area (Å²) in [7, 11) is 8.18. The topological polar surface area (TPSA) is 46.2 Å². The zero-order valence-electron chi connectivity index (χ0n) is 34.6. The van der Waals surface area contributed by atoms with Crippen molar-refractivity contribution in [3.05, 3.63) is 126 Å². The number of benzene rings is 4. The molecule has 0 bridgehead atoms. The Morgan fingerprint density at radius 3 is 1.28 bits per heavy atom. The molecule has 53 heavy (non-hydrogen) atoms. The Morgan fingerprint density at radius 1 is 0.491 bits per heavy atom. The van der Waals surface area contributed by atoms with Gasteiger partial charge < -0.3 is 23.7 Å². The minimum absolute atomic E-state index is 0.615. The highest BCUT2D eigenvalue weighted by Crippen LogP contribution is 2.47. The normalized spacial score (nSPS) is 9.74. The SMILES string of the molecule is C=CCc1cc(CC)c(C)c(-c2cc(CC=C)cc(OC)c2CC)c1.C=Cc1cc(OC)c(OC)c(-c2cc(C=C)cc(OC)c2OC)c1.CC.CC. The van der Waals surface area contributed by atoms with Crippen LogP contribution in [0.2, 0.25) is 0 Å². The predicted octanol–water partition coefficient (Wildman–Crippen LogP) is 13.0. The van der Waals surface area contributed by atoms with Crippen LogP contribution in [-0.2, 0) is 25.7 Å². The third kappa shape index (κ3) is 11.4. The lowest BCUT2D eigenvalue weighted by molar-refractivity contribution is 0.352. The van der Waals surface area contributed by atoms with E-state index >= 15 is 0 Å². The van der Waals surface area contributed by atoms with Gasteiger partial charge in [0.1, 0.15) is 5.75 Å². The maximum absolute atomic E-state index is 5.71. The van der Waals surface area contributed by atoms with Gasteiger partial charge in [-0.2, -0.15) is 0 Å². The molecule has 0 atom stereocenters. The minimum atomic E-state index is 0.615. The minimum Gasteiger partial charge on any atom is -0.496 e. The molecule has 0 aliphatic carbocycles. The Morgan fingerprint density at radius 2 is 0.925 bits per heavy atom. The van der Waals surface area contributed by atoms with Crippen LogP contribution < -0.4 is 23.7 Å². The van der Waals surface area contributed by atoms with Crippen LogP contribution in [-0.4, -0.2) is 35.5 Å². The third-order valence-electron chi connectivity index (χ3n) is 8.61. The van der Waals surface area contributed by atoms with Gasteiger partial charge in [-0.25, -0.2) is 0 Å². The second kappa shape index (κ2) is 24.2. The summed E-state index contributed by atoms with van der Waals surface area (Å²) >= 11 is 0. The number of hydrogen-bond acceptors (Lipinski definition) is 5. The molecule has 0 saturated heterocycles. The predicted molar refractivity (Wildman–Crippen MR) is 231 cm³/mol. The van der Waals surface area contributed by atoms with E-state index in [0.717, 1.165) is 53.7 Å². The van der Waals surface area contributed by atoms with Crippen molar-refractivity contribution >= 4 is 12.2 Å². The Bertz CT molecular complexity index is 1730. The van der Waals surface area contributed by atoms with E-state index < -0.39 is 0 Å². The molecule has 0 aliphatic heterocycles. The van der Waals surface area contributed by atoms with Crippen molar-refractivity contribution < 1.29 is 23.7 Å². The Kier molecular flexibility index (Phi) is 20.9. The fourth-order valence-electron chi connectivity index (χ4n) is 6.15. The lowest BCUT2D eigenvalue weighted by Crippen LogP contribution is -2.01. The quantitative estimate of drug-likeness (QED) is 0.114. The van der Waals surface area contributed by atoms with Gasteiger partial charge in [-0.05, 0) is 107 Å². The Balaban J connectivity index is 0.000000485. The van der Waals surface area contributed by atoms with Crippen molar-refractivity contribution in [3.8, 4) is 51.0 Å². The average molecular weight is 721 g/mol. The van der Waals surface area contributed by atoms with Gasteiger partial charge in [-0.3, -0.25) is 0 Å². The smallest absolute Gasteiger partial charge is 0.168 e. The van der Waals surface area contributed by atoms with Gasteiger partial charge in [0.05, 0.1) is 35.5 Å². The molecule has 0 spiro atoms. The monoisotopic (exact) mass is 720 g/mol. The molecule has 4 aromatic carbocycles. The molecule has 5 heteroatoms. The van der Waals surface area contributed by atoms with Crippen LogP contribution in [0.5, 0.6) is 28.7 Å². The molecule has 0 aliphatic rings. The lowest BCUT2D eigenvalue weighted by atomic mass is 9.87. The van der Waals surface area contributed by atoms with Gasteiger partial charge in [0.25, 0.3) is 0 Å². The largest absolute Gasteiger partial charge is 0.496 e. The van der Waals surface area contributed by atoms with Gasteiger partial charge in [-0.1, -0.05) is 97.2 Å². The van der Waals surface area contributed by atoms with E-state index in [1.807, 2.05) is 64.1 Å². The highest BCUT2D eigenvalue weighted by molar-refractivity contribution is 5.84. The van der Waals surface area contributed by atoms with Crippen molar-refractivity contribution in [2.75, 3.05) is 35.5 Å². The molecule has 0 heterocycles. The van der Waals surface area contributed by atoms with Crippen molar-refractivity contribution in [1.29, 1.82) is 0 Å². The molecule has 0 fully saturated rings. The molecule has 0 unspecified atom stereocenters. The maximum atomic E-state index is 5.71. The molecular weight excluding hydrogens is 657 g/mol. The van der Waals surface area contributed by atoms with E-state index in [2.05, 4.69) is 71.4 Å². The highest BCUT2D eigenvalue weighted by Gasteiger charge is 2.20. The summed E-state index contributed by atoms with van der Waals surface area (Å²) in [6.45, 7) is 30.1. The van der Waals surface area contributed by atoms with Crippen LogP contribution in [0.3, 0.4) is 0 Å². The number of methoxy groups -OCH3 is 5. The summed E-state index contributed by atoms with van der Waals surface area (Å²) < 4.78 is 27.8. The molecule has 0 saturated carbocycles. The molecule has 4 rings (SSSR count). The standard InChI is InChI=1S/C24H30O.C20H22O4.2C2H6/c1-7-11-18-13-20(9-3)17(5)22(14-18)23-15-19(12-8-2)16-24(25-6)21(23)10-4;1-7-13-9-15(19(23-5)17(11-13)21-3)16-10-14(8-2)12-18(22-4)20(16)24-6;2*1-2/h7-8,13-16H,1-2,9-12H2,3-6H3;7-12H,1-2H2,3-6H3;2*1-2H3. The number of rotatable bonds is 15. The summed E-state index contributed by atoms with van der Waals surface area (Å²) in [5.41, 5.74) is 12.7. The van der Waals surface area contributed by atoms with Crippen molar-refractivity contribution in [1.82, 2.24) is 0 Å². The molecule has 0 amide bonds. The zero-order valence-corrected chi connectivity index (χ0v) is 34.6. The maximum Gasteiger partial charge on any atom is 0.168 e. The summed E-state index contributed by atoms with van der Waals surface area (Å²) in [5, 5.41) is 0. The van der Waals surface area contributed by atoms with Crippen molar-refractivity contribution in [2.45, 2.75) is 74.1 Å². The van der Waals surface area contributed by atoms with Crippen molar-refractivity contribution in [3.63, 3.8) is 0 Å². The number of hydrogen-bond donors (Lipinski definition) is 0. The summed E-state index contributed by atoms with van der Waals surface area (Å²) in [4.78, 5) is 0. The summed E-state index contributed by atoms with van der Waals surface area (Å²) in [6, 6.07) is 16.8. The number of ether oxygens (including phenoxy) is 5. The second-order valence-electron chi connectivity index (χ2n) is 11.5. The zero-order chi connectivity index (χ0) is 40.1. The van der Waals surface area contributed by atoms with Gasteiger partial charge in [0, 0.05) is 16.7 Å². The van der Waals surface area contributed by atoms with E-state index in [0.29, 0.717) is 23.0 Å². The molecule has 4 aromatic rings. The molecule has 0 aromatic heterocycles. The van der Waals surface area contributed by atoms with Crippen LogP contribution in [0, 0.1) is 6.92 Å². The van der Waals surface area contributed by atoms with E-state index in [1.165, 1.54) is 38.9 Å². The van der Waals surface area contributed by atoms with Gasteiger partial charge in [-0.15, -0.1) is 13.2 Å². The van der Waals surface area contributed by atoms with Crippen LogP contribution in [0.4, 0.5) is 0 Å². The fraction of sp³-hybridized carbons (Fsp3) is 0.333. The third-order valence-corrected chi connectivity index (χ3v) is 8.61. The first kappa shape index (κ1) is 45.9. The van der Waals surface area contributed by atoms with Gasteiger partial charge >= 0.3 is 0 Å². The van der Waals surface area contributed by atoms with E-state index in [4.69, 9.17) is 23.7 Å². The highest BCUT2D eigenvalue weighted by atomic mass is 16.5. The lowest BCUT2D eigenvalue weighted by Gasteiger charge is -2.19. The van der Waals surface area contributed by atoms with Crippen LogP contribution in [0.25, 0.3) is 34.4 Å². The van der Waals surface area contributed by atoms with E-state index in [-0.39, 0.29) is 0 Å². The molecular formula is C48H64O5. The van der Waals surface area contributed by atoms with E-state index in [1.54, 1.807) is 47.7 Å². The van der Waals surface area contributed by atoms with Gasteiger partial charge in [0.2, 0.25) is 0 Å².